The number of thioether (sulfide) groups is 1. The molecule has 0 saturated carbocycles. The van der Waals surface area contributed by atoms with Crippen LogP contribution in [0.4, 0.5) is 5.82 Å². The van der Waals surface area contributed by atoms with Crippen molar-refractivity contribution in [1.82, 2.24) is 9.47 Å². The van der Waals surface area contributed by atoms with Crippen LogP contribution in [0.5, 0.6) is 0 Å². The molecular weight excluding hydrogens is 404 g/mol. The van der Waals surface area contributed by atoms with E-state index in [9.17, 15) is 14.9 Å². The molecule has 2 heterocycles. The number of carbonyl (C=O) groups is 1. The molecule has 1 aromatic rings. The lowest BCUT2D eigenvalue weighted by Gasteiger charge is -2.27. The second-order valence-electron chi connectivity index (χ2n) is 6.93. The normalized spacial score (nSPS) is 15.3. The number of hydrogen-bond acceptors (Lipinski definition) is 6. The van der Waals surface area contributed by atoms with Crippen LogP contribution in [0.15, 0.2) is 9.70 Å². The molecule has 0 N–H and O–H groups in total. The summed E-state index contributed by atoms with van der Waals surface area (Å²) in [6.07, 6.45) is 4.83. The van der Waals surface area contributed by atoms with Gasteiger partial charge in [-0.2, -0.15) is 5.26 Å². The fourth-order valence-corrected chi connectivity index (χ4v) is 4.75. The number of hydrogen-bond donors (Lipinski definition) is 0. The van der Waals surface area contributed by atoms with Crippen molar-refractivity contribution in [1.29, 1.82) is 5.26 Å². The lowest BCUT2D eigenvalue weighted by atomic mass is 10.0. The van der Waals surface area contributed by atoms with Gasteiger partial charge in [-0.3, -0.25) is 19.1 Å². The number of carbonyl (C=O) groups excluding carboxylic acids is 1. The van der Waals surface area contributed by atoms with Gasteiger partial charge >= 0.3 is 0 Å². The van der Waals surface area contributed by atoms with Crippen LogP contribution in [-0.2, 0) is 11.8 Å². The molecule has 0 unspecified atom stereocenters. The van der Waals surface area contributed by atoms with Crippen molar-refractivity contribution >= 4 is 46.1 Å². The van der Waals surface area contributed by atoms with Crippen molar-refractivity contribution in [3.05, 3.63) is 31.9 Å². The third-order valence-electron chi connectivity index (χ3n) is 5.17. The number of pyridine rings is 1. The molecule has 1 saturated heterocycles. The molecular formula is C21H28N4O2S2. The monoisotopic (exact) mass is 432 g/mol. The van der Waals surface area contributed by atoms with Crippen LogP contribution in [-0.4, -0.2) is 39.3 Å². The number of unbranched alkanes of at least 4 members (excludes halogenated alkanes) is 2. The fourth-order valence-electron chi connectivity index (χ4n) is 3.46. The smallest absolute Gasteiger partial charge is 0.270 e. The van der Waals surface area contributed by atoms with Crippen LogP contribution in [0, 0.1) is 18.3 Å². The van der Waals surface area contributed by atoms with Crippen LogP contribution < -0.4 is 10.5 Å². The van der Waals surface area contributed by atoms with Crippen molar-refractivity contribution in [2.24, 2.45) is 7.05 Å². The Morgan fingerprint density at radius 2 is 1.86 bits per heavy atom. The predicted octanol–water partition coefficient (Wildman–Crippen LogP) is 3.80. The quantitative estimate of drug-likeness (QED) is 0.354. The summed E-state index contributed by atoms with van der Waals surface area (Å²) in [6, 6.07) is 2.03. The number of nitrogens with zero attached hydrogens (tertiary/aromatic N) is 4. The maximum absolute atomic E-state index is 13.0. The Balaban J connectivity index is 2.61. The van der Waals surface area contributed by atoms with Gasteiger partial charge in [-0.05, 0) is 38.8 Å². The van der Waals surface area contributed by atoms with E-state index in [1.54, 1.807) is 24.9 Å². The van der Waals surface area contributed by atoms with Gasteiger partial charge in [-0.15, -0.1) is 0 Å². The molecule has 29 heavy (non-hydrogen) atoms. The van der Waals surface area contributed by atoms with Crippen molar-refractivity contribution < 1.29 is 4.79 Å². The van der Waals surface area contributed by atoms with Gasteiger partial charge in [0.1, 0.15) is 21.8 Å². The van der Waals surface area contributed by atoms with Gasteiger partial charge in [0.25, 0.3) is 11.5 Å². The Kier molecular flexibility index (Phi) is 8.05. The summed E-state index contributed by atoms with van der Waals surface area (Å²) >= 11 is 6.71. The summed E-state index contributed by atoms with van der Waals surface area (Å²) in [5, 5.41) is 9.51. The van der Waals surface area contributed by atoms with E-state index >= 15 is 0 Å². The van der Waals surface area contributed by atoms with Crippen molar-refractivity contribution in [2.75, 3.05) is 24.5 Å². The zero-order chi connectivity index (χ0) is 21.7. The standard InChI is InChI=1S/C21H28N4O2S2/c1-6-9-10-11-25-20(27)17(29-21(25)28)12-15-14(4)16(13-22)19(26)23(5)18(15)24(7-2)8-3/h12H,6-11H2,1-5H3/b17-12-. The van der Waals surface area contributed by atoms with Crippen molar-refractivity contribution in [3.63, 3.8) is 0 Å². The van der Waals surface area contributed by atoms with Crippen LogP contribution in [0.25, 0.3) is 6.08 Å². The number of amides is 1. The minimum absolute atomic E-state index is 0.103. The fraction of sp³-hybridized carbons (Fsp3) is 0.524. The highest BCUT2D eigenvalue weighted by atomic mass is 32.2. The Labute approximate surface area is 182 Å². The van der Waals surface area contributed by atoms with E-state index in [0.29, 0.717) is 40.2 Å². The molecule has 1 aliphatic heterocycles. The topological polar surface area (TPSA) is 69.3 Å². The zero-order valence-corrected chi connectivity index (χ0v) is 19.4. The minimum atomic E-state index is -0.323. The van der Waals surface area contributed by atoms with Gasteiger partial charge in [0.2, 0.25) is 0 Å². The summed E-state index contributed by atoms with van der Waals surface area (Å²) in [5.74, 6) is 0.612. The first-order chi connectivity index (χ1) is 13.8. The molecule has 156 valence electrons. The number of rotatable bonds is 8. The van der Waals surface area contributed by atoms with Crippen molar-refractivity contribution in [3.8, 4) is 6.07 Å². The van der Waals surface area contributed by atoms with Crippen LogP contribution >= 0.6 is 24.0 Å². The third-order valence-corrected chi connectivity index (χ3v) is 6.54. The van der Waals surface area contributed by atoms with E-state index < -0.39 is 0 Å². The Morgan fingerprint density at radius 1 is 1.21 bits per heavy atom. The molecule has 1 amide bonds. The van der Waals surface area contributed by atoms with Gasteiger partial charge in [-0.1, -0.05) is 43.7 Å². The highest BCUT2D eigenvalue weighted by Gasteiger charge is 2.32. The minimum Gasteiger partial charge on any atom is -0.358 e. The van der Waals surface area contributed by atoms with Gasteiger partial charge < -0.3 is 4.90 Å². The summed E-state index contributed by atoms with van der Waals surface area (Å²) in [7, 11) is 1.67. The Hall–Kier alpha value is -2.11. The number of anilines is 1. The molecule has 0 radical (unpaired) electrons. The van der Waals surface area contributed by atoms with Gasteiger partial charge in [0, 0.05) is 32.2 Å². The maximum atomic E-state index is 13.0. The number of aromatic nitrogens is 1. The van der Waals surface area contributed by atoms with E-state index in [1.165, 1.54) is 16.3 Å². The summed E-state index contributed by atoms with van der Waals surface area (Å²) in [5.41, 5.74) is 1.10. The zero-order valence-electron chi connectivity index (χ0n) is 17.7. The van der Waals surface area contributed by atoms with E-state index in [4.69, 9.17) is 12.2 Å². The first kappa shape index (κ1) is 23.2. The Morgan fingerprint density at radius 3 is 2.41 bits per heavy atom. The highest BCUT2D eigenvalue weighted by molar-refractivity contribution is 8.26. The second kappa shape index (κ2) is 10.1. The highest BCUT2D eigenvalue weighted by Crippen LogP contribution is 2.35. The number of nitriles is 1. The third kappa shape index (κ3) is 4.57. The molecule has 1 aliphatic rings. The first-order valence-electron chi connectivity index (χ1n) is 9.96. The molecule has 1 fully saturated rings. The van der Waals surface area contributed by atoms with Gasteiger partial charge in [0.05, 0.1) is 4.91 Å². The molecule has 8 heteroatoms. The second-order valence-corrected chi connectivity index (χ2v) is 8.60. The molecule has 0 aromatic carbocycles. The molecule has 0 spiro atoms. The number of thiocarbonyl (C=S) groups is 1. The average molecular weight is 433 g/mol. The Bertz CT molecular complexity index is 939. The van der Waals surface area contributed by atoms with E-state index in [1.807, 2.05) is 19.9 Å². The summed E-state index contributed by atoms with van der Waals surface area (Å²) < 4.78 is 2.07. The lowest BCUT2D eigenvalue weighted by Crippen LogP contribution is -2.33. The lowest BCUT2D eigenvalue weighted by molar-refractivity contribution is -0.122. The summed E-state index contributed by atoms with van der Waals surface area (Å²) in [6.45, 7) is 9.93. The van der Waals surface area contributed by atoms with E-state index in [0.717, 1.165) is 24.8 Å². The largest absolute Gasteiger partial charge is 0.358 e. The molecule has 0 aliphatic carbocycles. The van der Waals surface area contributed by atoms with E-state index in [-0.39, 0.29) is 17.0 Å². The first-order valence-corrected chi connectivity index (χ1v) is 11.2. The summed E-state index contributed by atoms with van der Waals surface area (Å²) in [4.78, 5) is 29.9. The maximum Gasteiger partial charge on any atom is 0.270 e. The molecule has 6 nitrogen and oxygen atoms in total. The van der Waals surface area contributed by atoms with Crippen molar-refractivity contribution in [2.45, 2.75) is 47.0 Å². The SMILES string of the molecule is CCCCCN1C(=O)/C(=C/c2c(C)c(C#N)c(=O)n(C)c2N(CC)CC)SC1=S. The van der Waals surface area contributed by atoms with Gasteiger partial charge in [-0.25, -0.2) is 0 Å². The molecule has 0 bridgehead atoms. The van der Waals surface area contributed by atoms with Crippen LogP contribution in [0.2, 0.25) is 0 Å². The molecule has 2 rings (SSSR count). The van der Waals surface area contributed by atoms with Gasteiger partial charge in [0.15, 0.2) is 0 Å². The van der Waals surface area contributed by atoms with Crippen LogP contribution in [0.3, 0.4) is 0 Å². The van der Waals surface area contributed by atoms with E-state index in [2.05, 4.69) is 11.8 Å². The average Bonchev–Trinajstić information content (AvgIpc) is 2.97. The molecule has 1 aromatic heterocycles. The molecule has 0 atom stereocenters. The predicted molar refractivity (Wildman–Crippen MR) is 124 cm³/mol. The van der Waals surface area contributed by atoms with Crippen LogP contribution in [0.1, 0.15) is 56.7 Å².